The largest absolute Gasteiger partial charge is 0.314 e. The van der Waals surface area contributed by atoms with Crippen LogP contribution in [0.5, 0.6) is 0 Å². The van der Waals surface area contributed by atoms with Crippen LogP contribution in [-0.4, -0.2) is 31.1 Å². The molecule has 1 aliphatic carbocycles. The van der Waals surface area contributed by atoms with Gasteiger partial charge in [0, 0.05) is 17.1 Å². The third-order valence-corrected chi connectivity index (χ3v) is 4.56. The van der Waals surface area contributed by atoms with E-state index in [-0.39, 0.29) is 0 Å². The second kappa shape index (κ2) is 8.02. The molecule has 0 aromatic heterocycles. The van der Waals surface area contributed by atoms with Crippen LogP contribution in [0.1, 0.15) is 50.6 Å². The fraction of sp³-hybridized carbons (Fsp3) is 0.647. The van der Waals surface area contributed by atoms with Gasteiger partial charge in [0.05, 0.1) is 0 Å². The number of benzene rings is 1. The summed E-state index contributed by atoms with van der Waals surface area (Å²) in [7, 11) is 2.19. The number of nitrogens with one attached hydrogen (secondary N) is 1. The molecule has 0 saturated heterocycles. The number of rotatable bonds is 9. The predicted octanol–water partition coefficient (Wildman–Crippen LogP) is 4.26. The Kier molecular flexibility index (Phi) is 6.34. The fourth-order valence-electron chi connectivity index (χ4n) is 2.50. The van der Waals surface area contributed by atoms with Crippen molar-refractivity contribution in [3.63, 3.8) is 0 Å². The number of halogens is 1. The summed E-state index contributed by atoms with van der Waals surface area (Å²) in [5.74, 6) is 0. The Labute approximate surface area is 128 Å². The van der Waals surface area contributed by atoms with E-state index in [0.717, 1.165) is 17.6 Å². The van der Waals surface area contributed by atoms with Gasteiger partial charge in [-0.05, 0) is 64.4 Å². The van der Waals surface area contributed by atoms with Gasteiger partial charge in [-0.1, -0.05) is 36.2 Å². The SMILES string of the molecule is CC(c1ccccc1Cl)N(C)CCCCCNC1CC1. The molecule has 0 spiro atoms. The minimum absolute atomic E-state index is 0.383. The molecule has 0 bridgehead atoms. The lowest BCUT2D eigenvalue weighted by molar-refractivity contribution is 0.255. The number of hydrogen-bond acceptors (Lipinski definition) is 2. The molecule has 1 aliphatic rings. The molecule has 1 fully saturated rings. The number of nitrogens with zero attached hydrogens (tertiary/aromatic N) is 1. The molecule has 1 N–H and O–H groups in total. The zero-order valence-corrected chi connectivity index (χ0v) is 13.5. The van der Waals surface area contributed by atoms with E-state index in [1.54, 1.807) is 0 Å². The topological polar surface area (TPSA) is 15.3 Å². The molecular formula is C17H27ClN2. The Morgan fingerprint density at radius 3 is 2.70 bits per heavy atom. The standard InChI is InChI=1S/C17H27ClN2/c1-14(16-8-4-5-9-17(16)18)20(2)13-7-3-6-12-19-15-10-11-15/h4-5,8-9,14-15,19H,3,6-7,10-13H2,1-2H3. The second-order valence-electron chi connectivity index (χ2n) is 5.97. The van der Waals surface area contributed by atoms with Gasteiger partial charge in [0.1, 0.15) is 0 Å². The normalized spacial score (nSPS) is 16.6. The summed E-state index contributed by atoms with van der Waals surface area (Å²) >= 11 is 6.27. The molecule has 20 heavy (non-hydrogen) atoms. The molecule has 2 rings (SSSR count). The molecule has 1 atom stereocenters. The van der Waals surface area contributed by atoms with Crippen molar-refractivity contribution in [3.8, 4) is 0 Å². The maximum absolute atomic E-state index is 6.27. The summed E-state index contributed by atoms with van der Waals surface area (Å²) in [5.41, 5.74) is 1.23. The van der Waals surface area contributed by atoms with Crippen molar-refractivity contribution in [1.29, 1.82) is 0 Å². The monoisotopic (exact) mass is 294 g/mol. The molecule has 1 saturated carbocycles. The molecular weight excluding hydrogens is 268 g/mol. The molecule has 3 heteroatoms. The van der Waals surface area contributed by atoms with E-state index in [0.29, 0.717) is 6.04 Å². The summed E-state index contributed by atoms with van der Waals surface area (Å²) in [4.78, 5) is 2.40. The van der Waals surface area contributed by atoms with Gasteiger partial charge in [-0.25, -0.2) is 0 Å². The first-order chi connectivity index (χ1) is 9.68. The van der Waals surface area contributed by atoms with Crippen molar-refractivity contribution in [3.05, 3.63) is 34.9 Å². The minimum atomic E-state index is 0.383. The van der Waals surface area contributed by atoms with Crippen LogP contribution in [0.4, 0.5) is 0 Å². The first-order valence-electron chi connectivity index (χ1n) is 7.86. The van der Waals surface area contributed by atoms with E-state index >= 15 is 0 Å². The minimum Gasteiger partial charge on any atom is -0.314 e. The van der Waals surface area contributed by atoms with Gasteiger partial charge in [-0.2, -0.15) is 0 Å². The van der Waals surface area contributed by atoms with E-state index in [1.807, 2.05) is 12.1 Å². The predicted molar refractivity (Wildman–Crippen MR) is 87.4 cm³/mol. The Morgan fingerprint density at radius 2 is 2.00 bits per heavy atom. The molecule has 0 aliphatic heterocycles. The van der Waals surface area contributed by atoms with E-state index in [4.69, 9.17) is 11.6 Å². The lowest BCUT2D eigenvalue weighted by atomic mass is 10.1. The summed E-state index contributed by atoms with van der Waals surface area (Å²) < 4.78 is 0. The molecule has 1 aromatic rings. The molecule has 0 radical (unpaired) electrons. The van der Waals surface area contributed by atoms with Gasteiger partial charge in [-0.15, -0.1) is 0 Å². The Balaban J connectivity index is 1.63. The highest BCUT2D eigenvalue weighted by atomic mass is 35.5. The van der Waals surface area contributed by atoms with E-state index in [2.05, 4.69) is 36.3 Å². The maximum atomic E-state index is 6.27. The summed E-state index contributed by atoms with van der Waals surface area (Å²) in [5, 5.41) is 4.45. The maximum Gasteiger partial charge on any atom is 0.0453 e. The van der Waals surface area contributed by atoms with Crippen LogP contribution < -0.4 is 5.32 Å². The van der Waals surface area contributed by atoms with E-state index in [9.17, 15) is 0 Å². The van der Waals surface area contributed by atoms with Gasteiger partial charge in [0.2, 0.25) is 0 Å². The zero-order valence-electron chi connectivity index (χ0n) is 12.7. The van der Waals surface area contributed by atoms with Crippen molar-refractivity contribution >= 4 is 11.6 Å². The highest BCUT2D eigenvalue weighted by Crippen LogP contribution is 2.26. The fourth-order valence-corrected chi connectivity index (χ4v) is 2.80. The third-order valence-electron chi connectivity index (χ3n) is 4.21. The molecule has 1 aromatic carbocycles. The van der Waals surface area contributed by atoms with Gasteiger partial charge in [0.15, 0.2) is 0 Å². The van der Waals surface area contributed by atoms with Gasteiger partial charge in [0.25, 0.3) is 0 Å². The van der Waals surface area contributed by atoms with Crippen LogP contribution in [0.3, 0.4) is 0 Å². The Morgan fingerprint density at radius 1 is 1.25 bits per heavy atom. The van der Waals surface area contributed by atoms with Crippen LogP contribution in [0.25, 0.3) is 0 Å². The van der Waals surface area contributed by atoms with Crippen molar-refractivity contribution in [2.75, 3.05) is 20.1 Å². The van der Waals surface area contributed by atoms with Crippen LogP contribution in [-0.2, 0) is 0 Å². The lowest BCUT2D eigenvalue weighted by Gasteiger charge is -2.25. The van der Waals surface area contributed by atoms with Crippen LogP contribution in [0.2, 0.25) is 5.02 Å². The highest BCUT2D eigenvalue weighted by Gasteiger charge is 2.19. The van der Waals surface area contributed by atoms with Crippen LogP contribution >= 0.6 is 11.6 Å². The molecule has 1 unspecified atom stereocenters. The number of hydrogen-bond donors (Lipinski definition) is 1. The van der Waals surface area contributed by atoms with E-state index in [1.165, 1.54) is 44.2 Å². The summed E-state index contributed by atoms with van der Waals surface area (Å²) in [6, 6.07) is 9.39. The Bertz CT molecular complexity index is 404. The summed E-state index contributed by atoms with van der Waals surface area (Å²) in [6.45, 7) is 4.56. The van der Waals surface area contributed by atoms with Crippen molar-refractivity contribution < 1.29 is 0 Å². The average Bonchev–Trinajstić information content (AvgIpc) is 3.26. The van der Waals surface area contributed by atoms with Gasteiger partial charge in [-0.3, -0.25) is 4.90 Å². The van der Waals surface area contributed by atoms with Crippen LogP contribution in [0, 0.1) is 0 Å². The Hall–Kier alpha value is -0.570. The highest BCUT2D eigenvalue weighted by molar-refractivity contribution is 6.31. The quantitative estimate of drug-likeness (QED) is 0.685. The molecule has 112 valence electrons. The van der Waals surface area contributed by atoms with Crippen molar-refractivity contribution in [2.45, 2.75) is 51.1 Å². The summed E-state index contributed by atoms with van der Waals surface area (Å²) in [6.07, 6.45) is 6.64. The first-order valence-corrected chi connectivity index (χ1v) is 8.24. The average molecular weight is 295 g/mol. The smallest absolute Gasteiger partial charge is 0.0453 e. The van der Waals surface area contributed by atoms with Gasteiger partial charge < -0.3 is 5.32 Å². The van der Waals surface area contributed by atoms with Crippen LogP contribution in [0.15, 0.2) is 24.3 Å². The van der Waals surface area contributed by atoms with Gasteiger partial charge >= 0.3 is 0 Å². The second-order valence-corrected chi connectivity index (χ2v) is 6.37. The van der Waals surface area contributed by atoms with Crippen molar-refractivity contribution in [2.24, 2.45) is 0 Å². The first kappa shape index (κ1) is 15.8. The number of unbranched alkanes of at least 4 members (excludes halogenated alkanes) is 2. The zero-order chi connectivity index (χ0) is 14.4. The lowest BCUT2D eigenvalue weighted by Crippen LogP contribution is -2.24. The third kappa shape index (κ3) is 5.08. The molecule has 0 amide bonds. The van der Waals surface area contributed by atoms with E-state index < -0.39 is 0 Å². The van der Waals surface area contributed by atoms with Crippen molar-refractivity contribution in [1.82, 2.24) is 10.2 Å². The molecule has 2 nitrogen and oxygen atoms in total. The molecule has 0 heterocycles.